The van der Waals surface area contributed by atoms with Crippen LogP contribution in [-0.4, -0.2) is 26.8 Å². The van der Waals surface area contributed by atoms with Gasteiger partial charge in [0.2, 0.25) is 10.9 Å². The molecule has 0 radical (unpaired) electrons. The molecule has 23 heavy (non-hydrogen) atoms. The Hall–Kier alpha value is -2.68. The number of rotatable bonds is 7. The second-order valence-electron chi connectivity index (χ2n) is 4.70. The van der Waals surface area contributed by atoms with Gasteiger partial charge in [0, 0.05) is 24.1 Å². The summed E-state index contributed by atoms with van der Waals surface area (Å²) in [5.41, 5.74) is 0.465. The van der Waals surface area contributed by atoms with E-state index in [1.165, 1.54) is 12.1 Å². The van der Waals surface area contributed by atoms with Crippen molar-refractivity contribution in [3.8, 4) is 10.6 Å². The van der Waals surface area contributed by atoms with Gasteiger partial charge in [0.1, 0.15) is 5.01 Å². The van der Waals surface area contributed by atoms with Crippen molar-refractivity contribution < 1.29 is 14.5 Å². The number of aromatic nitrogens is 2. The molecule has 8 nitrogen and oxygen atoms in total. The minimum Gasteiger partial charge on any atom is -0.294 e. The summed E-state index contributed by atoms with van der Waals surface area (Å²) in [6.07, 6.45) is 1.68. The molecule has 2 rings (SSSR count). The quantitative estimate of drug-likeness (QED) is 0.473. The monoisotopic (exact) mass is 334 g/mol. The van der Waals surface area contributed by atoms with E-state index >= 15 is 0 Å². The lowest BCUT2D eigenvalue weighted by Gasteiger charge is -1.99. The van der Waals surface area contributed by atoms with Gasteiger partial charge in [-0.3, -0.25) is 25.0 Å². The minimum absolute atomic E-state index is 0.0574. The Balaban J connectivity index is 2.09. The molecule has 1 heterocycles. The van der Waals surface area contributed by atoms with Crippen LogP contribution in [0.3, 0.4) is 0 Å². The van der Waals surface area contributed by atoms with E-state index in [9.17, 15) is 19.7 Å². The lowest BCUT2D eigenvalue weighted by atomic mass is 10.2. The van der Waals surface area contributed by atoms with Crippen molar-refractivity contribution in [2.75, 3.05) is 5.32 Å². The molecule has 0 atom stereocenters. The maximum Gasteiger partial charge on any atom is 0.293 e. The lowest BCUT2D eigenvalue weighted by Crippen LogP contribution is -2.22. The van der Waals surface area contributed by atoms with Gasteiger partial charge in [0.05, 0.1) is 4.92 Å². The normalized spacial score (nSPS) is 10.3. The third kappa shape index (κ3) is 4.39. The van der Waals surface area contributed by atoms with Crippen LogP contribution < -0.4 is 5.32 Å². The number of hydrogen-bond acceptors (Lipinski definition) is 7. The molecular formula is C14H14N4O4S. The van der Waals surface area contributed by atoms with Crippen LogP contribution >= 0.6 is 11.3 Å². The zero-order valence-electron chi connectivity index (χ0n) is 12.3. The number of Topliss-reactive ketones (excluding diaryl/α,β-unsaturated/α-hetero) is 1. The molecule has 0 aliphatic carbocycles. The number of non-ortho nitro benzene ring substituents is 1. The molecule has 2 aromatic rings. The Bertz CT molecular complexity index is 744. The molecule has 1 aromatic heterocycles. The summed E-state index contributed by atoms with van der Waals surface area (Å²) in [7, 11) is 0. The summed E-state index contributed by atoms with van der Waals surface area (Å²) in [6.45, 7) is 1.93. The van der Waals surface area contributed by atoms with Crippen molar-refractivity contribution in [1.29, 1.82) is 0 Å². The molecule has 0 bridgehead atoms. The predicted molar refractivity (Wildman–Crippen MR) is 85.2 cm³/mol. The lowest BCUT2D eigenvalue weighted by molar-refractivity contribution is -0.384. The van der Waals surface area contributed by atoms with Crippen molar-refractivity contribution in [3.05, 3.63) is 34.4 Å². The molecule has 120 valence electrons. The van der Waals surface area contributed by atoms with E-state index in [0.29, 0.717) is 17.0 Å². The highest BCUT2D eigenvalue weighted by Crippen LogP contribution is 2.28. The van der Waals surface area contributed by atoms with Crippen LogP contribution in [0.1, 0.15) is 26.2 Å². The molecule has 0 fully saturated rings. The van der Waals surface area contributed by atoms with Crippen LogP contribution in [0.25, 0.3) is 10.6 Å². The van der Waals surface area contributed by atoms with Gasteiger partial charge in [0.25, 0.3) is 11.6 Å². The van der Waals surface area contributed by atoms with Crippen LogP contribution in [0.15, 0.2) is 24.3 Å². The number of unbranched alkanes of at least 4 members (excludes halogenated alkanes) is 1. The second-order valence-corrected chi connectivity index (χ2v) is 5.68. The van der Waals surface area contributed by atoms with Gasteiger partial charge in [-0.05, 0) is 6.42 Å². The molecule has 1 N–H and O–H groups in total. The Morgan fingerprint density at radius 1 is 1.35 bits per heavy atom. The average molecular weight is 334 g/mol. The Morgan fingerprint density at radius 3 is 2.83 bits per heavy atom. The third-order valence-electron chi connectivity index (χ3n) is 2.96. The fourth-order valence-electron chi connectivity index (χ4n) is 1.76. The van der Waals surface area contributed by atoms with E-state index in [0.717, 1.165) is 17.8 Å². The highest BCUT2D eigenvalue weighted by Gasteiger charge is 2.16. The standard InChI is InChI=1S/C14H14N4O4S/c1-2-3-7-11(19)12(20)15-14-17-16-13(23-14)9-5-4-6-10(8-9)18(21)22/h4-6,8H,2-3,7H2,1H3,(H,15,17,20). The smallest absolute Gasteiger partial charge is 0.293 e. The predicted octanol–water partition coefficient (Wildman–Crippen LogP) is 2.81. The first kappa shape index (κ1) is 16.7. The maximum absolute atomic E-state index is 11.7. The SMILES string of the molecule is CCCCC(=O)C(=O)Nc1nnc(-c2cccc([N+](=O)[O-])c2)s1. The Labute approximate surface area is 135 Å². The number of benzene rings is 1. The molecule has 9 heteroatoms. The van der Waals surface area contributed by atoms with Crippen LogP contribution in [-0.2, 0) is 9.59 Å². The van der Waals surface area contributed by atoms with Gasteiger partial charge in [-0.1, -0.05) is 36.8 Å². The number of carbonyl (C=O) groups excluding carboxylic acids is 2. The van der Waals surface area contributed by atoms with Crippen molar-refractivity contribution >= 4 is 33.8 Å². The molecule has 1 aromatic carbocycles. The summed E-state index contributed by atoms with van der Waals surface area (Å²) in [5.74, 6) is -1.22. The molecule has 0 spiro atoms. The van der Waals surface area contributed by atoms with E-state index in [1.807, 2.05) is 6.92 Å². The van der Waals surface area contributed by atoms with Gasteiger partial charge in [-0.2, -0.15) is 0 Å². The van der Waals surface area contributed by atoms with Gasteiger partial charge >= 0.3 is 0 Å². The molecular weight excluding hydrogens is 320 g/mol. The van der Waals surface area contributed by atoms with E-state index in [4.69, 9.17) is 0 Å². The third-order valence-corrected chi connectivity index (χ3v) is 3.85. The van der Waals surface area contributed by atoms with Crippen molar-refractivity contribution in [2.45, 2.75) is 26.2 Å². The van der Waals surface area contributed by atoms with Gasteiger partial charge in [-0.15, -0.1) is 10.2 Å². The molecule has 0 unspecified atom stereocenters. The molecule has 0 aliphatic rings. The van der Waals surface area contributed by atoms with Gasteiger partial charge < -0.3 is 0 Å². The number of nitro benzene ring substituents is 1. The van der Waals surface area contributed by atoms with Crippen molar-refractivity contribution in [2.24, 2.45) is 0 Å². The van der Waals surface area contributed by atoms with Crippen molar-refractivity contribution in [3.63, 3.8) is 0 Å². The summed E-state index contributed by atoms with van der Waals surface area (Å²) < 4.78 is 0. The number of ketones is 1. The van der Waals surface area contributed by atoms with Crippen molar-refractivity contribution in [1.82, 2.24) is 10.2 Å². The topological polar surface area (TPSA) is 115 Å². The first-order valence-electron chi connectivity index (χ1n) is 6.93. The molecule has 0 saturated heterocycles. The number of carbonyl (C=O) groups is 2. The highest BCUT2D eigenvalue weighted by molar-refractivity contribution is 7.18. The molecule has 0 aliphatic heterocycles. The number of nitro groups is 1. The summed E-state index contributed by atoms with van der Waals surface area (Å²) in [6, 6.07) is 5.95. The Kier molecular flexibility index (Phi) is 5.47. The van der Waals surface area contributed by atoms with E-state index < -0.39 is 16.6 Å². The fraction of sp³-hybridized carbons (Fsp3) is 0.286. The van der Waals surface area contributed by atoms with E-state index in [1.54, 1.807) is 12.1 Å². The molecule has 1 amide bonds. The summed E-state index contributed by atoms with van der Waals surface area (Å²) >= 11 is 1.05. The zero-order chi connectivity index (χ0) is 16.8. The average Bonchev–Trinajstić information content (AvgIpc) is 3.01. The number of anilines is 1. The molecule has 0 saturated carbocycles. The highest BCUT2D eigenvalue weighted by atomic mass is 32.1. The summed E-state index contributed by atoms with van der Waals surface area (Å²) in [5, 5.41) is 21.4. The van der Waals surface area contributed by atoms with Crippen LogP contribution in [0.5, 0.6) is 0 Å². The van der Waals surface area contributed by atoms with Crippen LogP contribution in [0.2, 0.25) is 0 Å². The van der Waals surface area contributed by atoms with Crippen LogP contribution in [0.4, 0.5) is 10.8 Å². The maximum atomic E-state index is 11.7. The number of nitrogens with zero attached hydrogens (tertiary/aromatic N) is 3. The first-order valence-corrected chi connectivity index (χ1v) is 7.75. The number of amides is 1. The van der Waals surface area contributed by atoms with E-state index in [-0.39, 0.29) is 17.2 Å². The fourth-order valence-corrected chi connectivity index (χ4v) is 2.50. The minimum atomic E-state index is -0.722. The zero-order valence-corrected chi connectivity index (χ0v) is 13.1. The second kappa shape index (κ2) is 7.54. The van der Waals surface area contributed by atoms with Gasteiger partial charge in [0.15, 0.2) is 0 Å². The summed E-state index contributed by atoms with van der Waals surface area (Å²) in [4.78, 5) is 33.5. The number of hydrogen-bond donors (Lipinski definition) is 1. The largest absolute Gasteiger partial charge is 0.294 e. The Morgan fingerprint density at radius 2 is 2.13 bits per heavy atom. The van der Waals surface area contributed by atoms with Gasteiger partial charge in [-0.25, -0.2) is 0 Å². The van der Waals surface area contributed by atoms with E-state index in [2.05, 4.69) is 15.5 Å². The number of nitrogens with one attached hydrogen (secondary N) is 1. The first-order chi connectivity index (χ1) is 11.0. The van der Waals surface area contributed by atoms with Crippen LogP contribution in [0, 0.1) is 10.1 Å².